The van der Waals surface area contributed by atoms with Crippen molar-refractivity contribution in [2.45, 2.75) is 32.7 Å². The SMILES string of the molecule is CC(Cc1ccc(Cl)cc1Cl)C(=O)NC1CCNCC1C.Cl. The summed E-state index contributed by atoms with van der Waals surface area (Å²) in [6.45, 7) is 6.03. The lowest BCUT2D eigenvalue weighted by Gasteiger charge is -2.31. The van der Waals surface area contributed by atoms with Crippen molar-refractivity contribution >= 4 is 41.5 Å². The molecule has 3 atom stereocenters. The van der Waals surface area contributed by atoms with Crippen LogP contribution in [-0.2, 0) is 11.2 Å². The highest BCUT2D eigenvalue weighted by molar-refractivity contribution is 6.35. The number of halogens is 3. The van der Waals surface area contributed by atoms with Crippen LogP contribution in [0, 0.1) is 11.8 Å². The molecule has 6 heteroatoms. The van der Waals surface area contributed by atoms with Crippen LogP contribution in [0.4, 0.5) is 0 Å². The molecule has 1 aliphatic heterocycles. The number of hydrogen-bond donors (Lipinski definition) is 2. The van der Waals surface area contributed by atoms with E-state index in [0.717, 1.165) is 25.1 Å². The number of piperidine rings is 1. The van der Waals surface area contributed by atoms with Gasteiger partial charge in [0.15, 0.2) is 0 Å². The predicted octanol–water partition coefficient (Wildman–Crippen LogP) is 3.71. The Kier molecular flexibility index (Phi) is 7.98. The van der Waals surface area contributed by atoms with E-state index in [1.54, 1.807) is 6.07 Å². The molecule has 2 rings (SSSR count). The van der Waals surface area contributed by atoms with Crippen LogP contribution in [-0.4, -0.2) is 25.0 Å². The second kappa shape index (κ2) is 8.97. The van der Waals surface area contributed by atoms with Crippen LogP contribution in [0.2, 0.25) is 10.0 Å². The summed E-state index contributed by atoms with van der Waals surface area (Å²) in [5.74, 6) is 0.458. The first kappa shape index (κ1) is 19.6. The summed E-state index contributed by atoms with van der Waals surface area (Å²) >= 11 is 12.1. The Hall–Kier alpha value is -0.480. The van der Waals surface area contributed by atoms with E-state index in [9.17, 15) is 4.79 Å². The molecule has 0 spiro atoms. The van der Waals surface area contributed by atoms with Crippen LogP contribution in [0.25, 0.3) is 0 Å². The van der Waals surface area contributed by atoms with Crippen molar-refractivity contribution in [3.8, 4) is 0 Å². The maximum Gasteiger partial charge on any atom is 0.223 e. The summed E-state index contributed by atoms with van der Waals surface area (Å²) in [4.78, 5) is 12.3. The number of amides is 1. The zero-order chi connectivity index (χ0) is 15.4. The van der Waals surface area contributed by atoms with Crippen LogP contribution < -0.4 is 10.6 Å². The van der Waals surface area contributed by atoms with Gasteiger partial charge in [0.2, 0.25) is 5.91 Å². The third-order valence-corrected chi connectivity index (χ3v) is 4.69. The van der Waals surface area contributed by atoms with E-state index in [2.05, 4.69) is 17.6 Å². The molecule has 0 aromatic heterocycles. The lowest BCUT2D eigenvalue weighted by molar-refractivity contribution is -0.125. The van der Waals surface area contributed by atoms with Gasteiger partial charge in [0.25, 0.3) is 0 Å². The van der Waals surface area contributed by atoms with Gasteiger partial charge >= 0.3 is 0 Å². The Morgan fingerprint density at radius 1 is 1.45 bits per heavy atom. The van der Waals surface area contributed by atoms with Crippen LogP contribution >= 0.6 is 35.6 Å². The van der Waals surface area contributed by atoms with Gasteiger partial charge in [0, 0.05) is 22.0 Å². The molecular weight excluding hydrogens is 343 g/mol. The molecule has 2 N–H and O–H groups in total. The maximum atomic E-state index is 12.3. The zero-order valence-corrected chi connectivity index (χ0v) is 15.2. The molecule has 3 nitrogen and oxygen atoms in total. The van der Waals surface area contributed by atoms with Gasteiger partial charge in [0.1, 0.15) is 0 Å². The number of carbonyl (C=O) groups excluding carboxylic acids is 1. The van der Waals surface area contributed by atoms with Crippen molar-refractivity contribution in [3.05, 3.63) is 33.8 Å². The average Bonchev–Trinajstić information content (AvgIpc) is 2.44. The fourth-order valence-corrected chi connectivity index (χ4v) is 3.15. The minimum atomic E-state index is -0.106. The monoisotopic (exact) mass is 364 g/mol. The molecule has 1 fully saturated rings. The number of hydrogen-bond acceptors (Lipinski definition) is 2. The first-order valence-electron chi connectivity index (χ1n) is 7.42. The van der Waals surface area contributed by atoms with E-state index in [1.807, 2.05) is 19.1 Å². The number of nitrogens with one attached hydrogen (secondary N) is 2. The fraction of sp³-hybridized carbons (Fsp3) is 0.562. The van der Waals surface area contributed by atoms with Gasteiger partial charge in [-0.05, 0) is 49.5 Å². The summed E-state index contributed by atoms with van der Waals surface area (Å²) in [5, 5.41) is 7.75. The van der Waals surface area contributed by atoms with E-state index in [4.69, 9.17) is 23.2 Å². The van der Waals surface area contributed by atoms with Crippen LogP contribution in [0.5, 0.6) is 0 Å². The summed E-state index contributed by atoms with van der Waals surface area (Å²) in [7, 11) is 0. The molecule has 1 aromatic rings. The van der Waals surface area contributed by atoms with E-state index >= 15 is 0 Å². The highest BCUT2D eigenvalue weighted by Gasteiger charge is 2.24. The van der Waals surface area contributed by atoms with Crippen LogP contribution in [0.3, 0.4) is 0 Å². The van der Waals surface area contributed by atoms with E-state index in [1.165, 1.54) is 0 Å². The van der Waals surface area contributed by atoms with Crippen molar-refractivity contribution < 1.29 is 4.79 Å². The van der Waals surface area contributed by atoms with Crippen molar-refractivity contribution in [1.82, 2.24) is 10.6 Å². The van der Waals surface area contributed by atoms with Gasteiger partial charge in [0.05, 0.1) is 0 Å². The van der Waals surface area contributed by atoms with Gasteiger partial charge in [-0.2, -0.15) is 0 Å². The second-order valence-electron chi connectivity index (χ2n) is 5.93. The standard InChI is InChI=1S/C16H22Cl2N2O.ClH/c1-10(7-12-3-4-13(17)8-14(12)18)16(21)20-15-5-6-19-9-11(15)2;/h3-4,8,10-11,15,19H,5-7,9H2,1-2H3,(H,20,21);1H. The maximum absolute atomic E-state index is 12.3. The van der Waals surface area contributed by atoms with E-state index < -0.39 is 0 Å². The Bertz CT molecular complexity index is 510. The molecule has 3 unspecified atom stereocenters. The van der Waals surface area contributed by atoms with Gasteiger partial charge in [-0.1, -0.05) is 43.1 Å². The lowest BCUT2D eigenvalue weighted by Crippen LogP contribution is -2.49. The van der Waals surface area contributed by atoms with Crippen molar-refractivity contribution in [1.29, 1.82) is 0 Å². The van der Waals surface area contributed by atoms with Gasteiger partial charge in [-0.25, -0.2) is 0 Å². The first-order chi connectivity index (χ1) is 9.97. The van der Waals surface area contributed by atoms with E-state index in [-0.39, 0.29) is 30.3 Å². The summed E-state index contributed by atoms with van der Waals surface area (Å²) in [5.41, 5.74) is 0.960. The lowest BCUT2D eigenvalue weighted by atomic mass is 9.93. The highest BCUT2D eigenvalue weighted by atomic mass is 35.5. The largest absolute Gasteiger partial charge is 0.353 e. The molecule has 0 saturated carbocycles. The highest BCUT2D eigenvalue weighted by Crippen LogP contribution is 2.23. The summed E-state index contributed by atoms with van der Waals surface area (Å²) in [6.07, 6.45) is 1.61. The molecule has 0 aliphatic carbocycles. The van der Waals surface area contributed by atoms with Crippen molar-refractivity contribution in [2.24, 2.45) is 11.8 Å². The fourth-order valence-electron chi connectivity index (χ4n) is 2.66. The Labute approximate surface area is 148 Å². The van der Waals surface area contributed by atoms with Crippen LogP contribution in [0.1, 0.15) is 25.8 Å². The molecule has 1 aliphatic rings. The van der Waals surface area contributed by atoms with Gasteiger partial charge in [-0.3, -0.25) is 4.79 Å². The number of benzene rings is 1. The second-order valence-corrected chi connectivity index (χ2v) is 6.77. The Balaban J connectivity index is 0.00000242. The average molecular weight is 366 g/mol. The van der Waals surface area contributed by atoms with Crippen molar-refractivity contribution in [2.75, 3.05) is 13.1 Å². The zero-order valence-electron chi connectivity index (χ0n) is 12.9. The minimum absolute atomic E-state index is 0. The molecule has 124 valence electrons. The molecule has 1 heterocycles. The molecular formula is C16H23Cl3N2O. The third kappa shape index (κ3) is 5.31. The minimum Gasteiger partial charge on any atom is -0.353 e. The predicted molar refractivity (Wildman–Crippen MR) is 95.2 cm³/mol. The normalized spacial score (nSPS) is 22.5. The molecule has 22 heavy (non-hydrogen) atoms. The smallest absolute Gasteiger partial charge is 0.223 e. The number of carbonyl (C=O) groups is 1. The molecule has 0 bridgehead atoms. The van der Waals surface area contributed by atoms with E-state index in [0.29, 0.717) is 22.4 Å². The molecule has 1 aromatic carbocycles. The molecule has 0 radical (unpaired) electrons. The summed E-state index contributed by atoms with van der Waals surface area (Å²) < 4.78 is 0. The topological polar surface area (TPSA) is 41.1 Å². The Morgan fingerprint density at radius 2 is 2.18 bits per heavy atom. The van der Waals surface area contributed by atoms with Crippen molar-refractivity contribution in [3.63, 3.8) is 0 Å². The molecule has 1 saturated heterocycles. The molecule has 1 amide bonds. The summed E-state index contributed by atoms with van der Waals surface area (Å²) in [6, 6.07) is 5.68. The number of rotatable bonds is 4. The van der Waals surface area contributed by atoms with Crippen LogP contribution in [0.15, 0.2) is 18.2 Å². The third-order valence-electron chi connectivity index (χ3n) is 4.10. The van der Waals surface area contributed by atoms with Gasteiger partial charge in [-0.15, -0.1) is 12.4 Å². The van der Waals surface area contributed by atoms with Gasteiger partial charge < -0.3 is 10.6 Å². The quantitative estimate of drug-likeness (QED) is 0.854. The Morgan fingerprint density at radius 3 is 2.82 bits per heavy atom. The first-order valence-corrected chi connectivity index (χ1v) is 8.18.